The summed E-state index contributed by atoms with van der Waals surface area (Å²) in [6.45, 7) is 4.29. The summed E-state index contributed by atoms with van der Waals surface area (Å²) >= 11 is 0. The van der Waals surface area contributed by atoms with Crippen LogP contribution >= 0.6 is 0 Å². The number of nitrogens with zero attached hydrogens (tertiary/aromatic N) is 1. The molecule has 2 unspecified atom stereocenters. The number of urea groups is 1. The Labute approximate surface area is 83.2 Å². The molecule has 0 aromatic heterocycles. The van der Waals surface area contributed by atoms with Crippen LogP contribution in [0.3, 0.4) is 0 Å². The number of carbonyl (C=O) groups excluding carboxylic acids is 1. The number of nitrogens with one attached hydrogen (secondary N) is 1. The van der Waals surface area contributed by atoms with Gasteiger partial charge in [0.15, 0.2) is 0 Å². The molecule has 76 valence electrons. The maximum Gasteiger partial charge on any atom is 0.332 e. The van der Waals surface area contributed by atoms with Gasteiger partial charge in [-0.3, -0.25) is 0 Å². The van der Waals surface area contributed by atoms with E-state index in [0.29, 0.717) is 11.8 Å². The van der Waals surface area contributed by atoms with Gasteiger partial charge < -0.3 is 5.73 Å². The lowest BCUT2D eigenvalue weighted by atomic mass is 9.55. The van der Waals surface area contributed by atoms with E-state index in [1.165, 1.54) is 0 Å². The molecule has 0 bridgehead atoms. The van der Waals surface area contributed by atoms with E-state index in [2.05, 4.69) is 36.5 Å². The van der Waals surface area contributed by atoms with Crippen LogP contribution in [0.2, 0.25) is 0 Å². The van der Waals surface area contributed by atoms with Gasteiger partial charge in [0.25, 0.3) is 0 Å². The highest BCUT2D eigenvalue weighted by molar-refractivity contribution is 5.99. The Bertz CT molecular complexity index is 330. The number of carbonyl (C=O) groups is 1. The number of hydrazone groups is 1. The molecular formula is C10H15N3O. The molecule has 2 rings (SSSR count). The number of hydrogen-bond donors (Lipinski definition) is 2. The molecule has 0 aromatic rings. The minimum Gasteiger partial charge on any atom is -0.350 e. The highest BCUT2D eigenvalue weighted by Gasteiger charge is 2.53. The van der Waals surface area contributed by atoms with Crippen LogP contribution in [0, 0.1) is 17.3 Å². The molecular weight excluding hydrogens is 178 g/mol. The second-order valence-electron chi connectivity index (χ2n) is 4.49. The predicted octanol–water partition coefficient (Wildman–Crippen LogP) is 1.24. The zero-order valence-electron chi connectivity index (χ0n) is 8.45. The third-order valence-electron chi connectivity index (χ3n) is 3.30. The smallest absolute Gasteiger partial charge is 0.332 e. The SMILES string of the molecule is CC1(C)/C(=N/NC(N)=O)C2CC=CC21. The molecule has 0 spiro atoms. The van der Waals surface area contributed by atoms with Crippen LogP contribution in [-0.2, 0) is 0 Å². The molecule has 1 saturated carbocycles. The number of nitrogens with two attached hydrogens (primary N) is 1. The van der Waals surface area contributed by atoms with E-state index in [0.717, 1.165) is 12.1 Å². The lowest BCUT2D eigenvalue weighted by Gasteiger charge is -2.48. The molecule has 1 fully saturated rings. The van der Waals surface area contributed by atoms with E-state index in [1.807, 2.05) is 0 Å². The molecule has 2 amide bonds. The van der Waals surface area contributed by atoms with Crippen molar-refractivity contribution in [3.8, 4) is 0 Å². The van der Waals surface area contributed by atoms with Crippen LogP contribution in [0.4, 0.5) is 4.79 Å². The third-order valence-corrected chi connectivity index (χ3v) is 3.30. The van der Waals surface area contributed by atoms with Crippen LogP contribution in [0.25, 0.3) is 0 Å². The first-order valence-corrected chi connectivity index (χ1v) is 4.83. The minimum atomic E-state index is -0.595. The Morgan fingerprint density at radius 3 is 3.07 bits per heavy atom. The number of allylic oxidation sites excluding steroid dienone is 2. The predicted molar refractivity (Wildman–Crippen MR) is 54.7 cm³/mol. The summed E-state index contributed by atoms with van der Waals surface area (Å²) in [5.74, 6) is 1.06. The van der Waals surface area contributed by atoms with E-state index in [-0.39, 0.29) is 5.41 Å². The maximum absolute atomic E-state index is 10.5. The number of rotatable bonds is 1. The zero-order chi connectivity index (χ0) is 10.3. The second kappa shape index (κ2) is 2.83. The molecule has 4 nitrogen and oxygen atoms in total. The van der Waals surface area contributed by atoms with Gasteiger partial charge in [-0.15, -0.1) is 0 Å². The number of hydrogen-bond acceptors (Lipinski definition) is 2. The van der Waals surface area contributed by atoms with E-state index in [1.54, 1.807) is 0 Å². The van der Waals surface area contributed by atoms with Crippen LogP contribution < -0.4 is 11.2 Å². The van der Waals surface area contributed by atoms with E-state index in [4.69, 9.17) is 5.73 Å². The largest absolute Gasteiger partial charge is 0.350 e. The summed E-state index contributed by atoms with van der Waals surface area (Å²) < 4.78 is 0. The second-order valence-corrected chi connectivity index (χ2v) is 4.49. The first kappa shape index (κ1) is 9.24. The Balaban J connectivity index is 2.14. The molecule has 2 aliphatic carbocycles. The third kappa shape index (κ3) is 1.14. The summed E-state index contributed by atoms with van der Waals surface area (Å²) in [7, 11) is 0. The molecule has 0 aromatic carbocycles. The normalized spacial score (nSPS) is 35.1. The summed E-state index contributed by atoms with van der Waals surface area (Å²) in [5, 5.41) is 4.08. The van der Waals surface area contributed by atoms with E-state index < -0.39 is 6.03 Å². The molecule has 3 N–H and O–H groups in total. The fourth-order valence-corrected chi connectivity index (χ4v) is 2.57. The fraction of sp³-hybridized carbons (Fsp3) is 0.600. The van der Waals surface area contributed by atoms with Crippen molar-refractivity contribution in [3.63, 3.8) is 0 Å². The Morgan fingerprint density at radius 2 is 2.43 bits per heavy atom. The van der Waals surface area contributed by atoms with Crippen molar-refractivity contribution < 1.29 is 4.79 Å². The van der Waals surface area contributed by atoms with Crippen LogP contribution in [0.15, 0.2) is 17.3 Å². The molecule has 0 aliphatic heterocycles. The average Bonchev–Trinajstić information content (AvgIpc) is 2.49. The molecule has 0 saturated heterocycles. The Kier molecular flexibility index (Phi) is 1.87. The van der Waals surface area contributed by atoms with Crippen LogP contribution in [0.1, 0.15) is 20.3 Å². The van der Waals surface area contributed by atoms with Crippen molar-refractivity contribution in [2.75, 3.05) is 0 Å². The van der Waals surface area contributed by atoms with Gasteiger partial charge in [0.2, 0.25) is 0 Å². The molecule has 4 heteroatoms. The molecule has 14 heavy (non-hydrogen) atoms. The van der Waals surface area contributed by atoms with Gasteiger partial charge in [0.1, 0.15) is 0 Å². The topological polar surface area (TPSA) is 67.5 Å². The summed E-state index contributed by atoms with van der Waals surface area (Å²) in [6, 6.07) is -0.595. The monoisotopic (exact) mass is 193 g/mol. The average molecular weight is 193 g/mol. The van der Waals surface area contributed by atoms with Crippen molar-refractivity contribution in [3.05, 3.63) is 12.2 Å². The van der Waals surface area contributed by atoms with Gasteiger partial charge in [0.05, 0.1) is 0 Å². The molecule has 0 radical (unpaired) electrons. The van der Waals surface area contributed by atoms with Gasteiger partial charge in [-0.25, -0.2) is 10.2 Å². The maximum atomic E-state index is 10.5. The fourth-order valence-electron chi connectivity index (χ4n) is 2.57. The number of fused-ring (bicyclic) bond motifs is 1. The Hall–Kier alpha value is -1.32. The van der Waals surface area contributed by atoms with Crippen molar-refractivity contribution >= 4 is 11.7 Å². The van der Waals surface area contributed by atoms with Gasteiger partial charge >= 0.3 is 6.03 Å². The van der Waals surface area contributed by atoms with Crippen molar-refractivity contribution in [1.29, 1.82) is 0 Å². The lowest BCUT2D eigenvalue weighted by molar-refractivity contribution is 0.230. The molecule has 2 aliphatic rings. The first-order chi connectivity index (χ1) is 6.53. The highest BCUT2D eigenvalue weighted by atomic mass is 16.2. The van der Waals surface area contributed by atoms with Crippen LogP contribution in [-0.4, -0.2) is 11.7 Å². The molecule has 0 heterocycles. The van der Waals surface area contributed by atoms with Gasteiger partial charge in [0, 0.05) is 17.0 Å². The van der Waals surface area contributed by atoms with Crippen molar-refractivity contribution in [1.82, 2.24) is 5.43 Å². The van der Waals surface area contributed by atoms with Gasteiger partial charge in [-0.05, 0) is 12.3 Å². The van der Waals surface area contributed by atoms with Gasteiger partial charge in [-0.2, -0.15) is 5.10 Å². The lowest BCUT2D eigenvalue weighted by Crippen LogP contribution is -2.52. The summed E-state index contributed by atoms with van der Waals surface area (Å²) in [5.41, 5.74) is 8.42. The number of primary amides is 1. The Morgan fingerprint density at radius 1 is 1.71 bits per heavy atom. The zero-order valence-corrected chi connectivity index (χ0v) is 8.45. The summed E-state index contributed by atoms with van der Waals surface area (Å²) in [4.78, 5) is 10.5. The van der Waals surface area contributed by atoms with E-state index >= 15 is 0 Å². The quantitative estimate of drug-likeness (QED) is 0.477. The van der Waals surface area contributed by atoms with E-state index in [9.17, 15) is 4.79 Å². The van der Waals surface area contributed by atoms with Crippen LogP contribution in [0.5, 0.6) is 0 Å². The number of amides is 2. The van der Waals surface area contributed by atoms with Gasteiger partial charge in [-0.1, -0.05) is 26.0 Å². The standard InChI is InChI=1S/C10H15N3O/c1-10(2)7-5-3-4-6(7)8(10)12-13-9(11)14/h3,5-7H,4H2,1-2H3,(H3,11,13,14)/b12-8+. The first-order valence-electron chi connectivity index (χ1n) is 4.83. The highest BCUT2D eigenvalue weighted by Crippen LogP contribution is 2.53. The van der Waals surface area contributed by atoms with Crippen molar-refractivity contribution in [2.45, 2.75) is 20.3 Å². The molecule has 2 atom stereocenters. The van der Waals surface area contributed by atoms with Crippen molar-refractivity contribution in [2.24, 2.45) is 28.1 Å². The minimum absolute atomic E-state index is 0.0696. The summed E-state index contributed by atoms with van der Waals surface area (Å²) in [6.07, 6.45) is 5.46.